The van der Waals surface area contributed by atoms with Crippen LogP contribution in [0, 0.1) is 0 Å². The van der Waals surface area contributed by atoms with Gasteiger partial charge in [-0.3, -0.25) is 9.59 Å². The van der Waals surface area contributed by atoms with Gasteiger partial charge in [0.15, 0.2) is 17.2 Å². The molecule has 3 aromatic rings. The number of aromatic nitrogens is 3. The first kappa shape index (κ1) is 21.6. The van der Waals surface area contributed by atoms with E-state index in [1.807, 2.05) is 18.2 Å². The molecule has 0 saturated carbocycles. The number of ether oxygens (including phenoxy) is 3. The summed E-state index contributed by atoms with van der Waals surface area (Å²) >= 11 is 0. The third-order valence-electron chi connectivity index (χ3n) is 4.38. The third kappa shape index (κ3) is 5.10. The molecule has 0 aliphatic carbocycles. The summed E-state index contributed by atoms with van der Waals surface area (Å²) in [6.45, 7) is 0.590. The highest BCUT2D eigenvalue weighted by Gasteiger charge is 2.20. The molecule has 31 heavy (non-hydrogen) atoms. The molecular formula is C21H23N5O5. The number of hydrogen-bond acceptors (Lipinski definition) is 7. The van der Waals surface area contributed by atoms with Gasteiger partial charge in [-0.25, -0.2) is 4.68 Å². The first-order valence-corrected chi connectivity index (χ1v) is 9.41. The minimum atomic E-state index is -0.364. The summed E-state index contributed by atoms with van der Waals surface area (Å²) in [6.07, 6.45) is 1.52. The van der Waals surface area contributed by atoms with Crippen molar-refractivity contribution in [1.82, 2.24) is 20.3 Å². The lowest BCUT2D eigenvalue weighted by atomic mass is 10.1. The second-order valence-corrected chi connectivity index (χ2v) is 6.32. The van der Waals surface area contributed by atoms with Crippen molar-refractivity contribution in [1.29, 1.82) is 0 Å². The quantitative estimate of drug-likeness (QED) is 0.538. The Hall–Kier alpha value is -4.08. The van der Waals surface area contributed by atoms with Crippen LogP contribution < -0.4 is 24.8 Å². The largest absolute Gasteiger partial charge is 0.493 e. The molecule has 2 amide bonds. The van der Waals surface area contributed by atoms with Crippen molar-refractivity contribution in [2.24, 2.45) is 0 Å². The zero-order chi connectivity index (χ0) is 22.2. The monoisotopic (exact) mass is 425 g/mol. The molecule has 0 atom stereocenters. The molecule has 0 spiro atoms. The Bertz CT molecular complexity index is 1050. The summed E-state index contributed by atoms with van der Waals surface area (Å²) in [6, 6.07) is 12.3. The predicted octanol–water partition coefficient (Wildman–Crippen LogP) is 1.99. The average Bonchev–Trinajstić information content (AvgIpc) is 3.27. The van der Waals surface area contributed by atoms with Crippen LogP contribution in [-0.4, -0.2) is 54.7 Å². The van der Waals surface area contributed by atoms with E-state index in [2.05, 4.69) is 20.9 Å². The van der Waals surface area contributed by atoms with E-state index >= 15 is 0 Å². The molecular weight excluding hydrogens is 402 g/mol. The maximum atomic E-state index is 12.6. The van der Waals surface area contributed by atoms with Gasteiger partial charge < -0.3 is 24.8 Å². The molecule has 0 bridgehead atoms. The number of para-hydroxylation sites is 1. The van der Waals surface area contributed by atoms with Gasteiger partial charge in [0, 0.05) is 12.2 Å². The van der Waals surface area contributed by atoms with Crippen molar-refractivity contribution in [2.45, 2.75) is 6.54 Å². The zero-order valence-electron chi connectivity index (χ0n) is 17.4. The van der Waals surface area contributed by atoms with Crippen molar-refractivity contribution in [3.8, 4) is 17.2 Å². The second-order valence-electron chi connectivity index (χ2n) is 6.32. The Labute approximate surface area is 179 Å². The van der Waals surface area contributed by atoms with Gasteiger partial charge in [0.25, 0.3) is 11.8 Å². The van der Waals surface area contributed by atoms with Gasteiger partial charge >= 0.3 is 0 Å². The SMILES string of the molecule is COc1ccc(C(=O)NCCn2cc(C(=O)Nc3ccccc3)nn2)c(OC)c1OC. The van der Waals surface area contributed by atoms with E-state index < -0.39 is 0 Å². The summed E-state index contributed by atoms with van der Waals surface area (Å²) in [5.74, 6) is 0.360. The van der Waals surface area contributed by atoms with Crippen LogP contribution in [0.5, 0.6) is 17.2 Å². The standard InChI is InChI=1S/C21H23N5O5/c1-29-17-10-9-15(18(30-2)19(17)31-3)20(27)22-11-12-26-13-16(24-25-26)21(28)23-14-7-5-4-6-8-14/h4-10,13H,11-12H2,1-3H3,(H,22,27)(H,23,28). The Kier molecular flexibility index (Phi) is 7.05. The van der Waals surface area contributed by atoms with Crippen LogP contribution in [0.3, 0.4) is 0 Å². The van der Waals surface area contributed by atoms with Gasteiger partial charge in [0.05, 0.1) is 39.6 Å². The van der Waals surface area contributed by atoms with Crippen molar-refractivity contribution >= 4 is 17.5 Å². The second kappa shape index (κ2) is 10.1. The molecule has 10 heteroatoms. The molecule has 0 fully saturated rings. The fourth-order valence-electron chi connectivity index (χ4n) is 2.89. The van der Waals surface area contributed by atoms with Crippen LogP contribution in [0.1, 0.15) is 20.8 Å². The van der Waals surface area contributed by atoms with Crippen LogP contribution in [0.25, 0.3) is 0 Å². The lowest BCUT2D eigenvalue weighted by Gasteiger charge is -2.15. The van der Waals surface area contributed by atoms with Crippen LogP contribution >= 0.6 is 0 Å². The van der Waals surface area contributed by atoms with E-state index in [-0.39, 0.29) is 29.8 Å². The van der Waals surface area contributed by atoms with Gasteiger partial charge in [-0.15, -0.1) is 5.10 Å². The minimum Gasteiger partial charge on any atom is -0.493 e. The van der Waals surface area contributed by atoms with Gasteiger partial charge in [-0.2, -0.15) is 0 Å². The summed E-state index contributed by atoms with van der Waals surface area (Å²) in [7, 11) is 4.42. The van der Waals surface area contributed by atoms with Gasteiger partial charge in [-0.05, 0) is 24.3 Å². The zero-order valence-corrected chi connectivity index (χ0v) is 17.4. The van der Waals surface area contributed by atoms with Crippen LogP contribution in [0.15, 0.2) is 48.7 Å². The fraction of sp³-hybridized carbons (Fsp3) is 0.238. The number of nitrogens with zero attached hydrogens (tertiary/aromatic N) is 3. The molecule has 0 aliphatic rings. The molecule has 10 nitrogen and oxygen atoms in total. The van der Waals surface area contributed by atoms with E-state index in [0.29, 0.717) is 29.3 Å². The first-order chi connectivity index (χ1) is 15.1. The highest BCUT2D eigenvalue weighted by Crippen LogP contribution is 2.39. The Morgan fingerprint density at radius 2 is 1.68 bits per heavy atom. The number of amides is 2. The Balaban J connectivity index is 1.58. The number of nitrogens with one attached hydrogen (secondary N) is 2. The lowest BCUT2D eigenvalue weighted by Crippen LogP contribution is -2.28. The number of methoxy groups -OCH3 is 3. The normalized spacial score (nSPS) is 10.3. The maximum absolute atomic E-state index is 12.6. The van der Waals surface area contributed by atoms with Crippen LogP contribution in [-0.2, 0) is 6.54 Å². The summed E-state index contributed by atoms with van der Waals surface area (Å²) in [4.78, 5) is 24.8. The third-order valence-corrected chi connectivity index (χ3v) is 4.38. The molecule has 0 saturated heterocycles. The van der Waals surface area contributed by atoms with E-state index in [9.17, 15) is 9.59 Å². The molecule has 1 heterocycles. The molecule has 162 valence electrons. The number of carbonyl (C=O) groups excluding carboxylic acids is 2. The van der Waals surface area contributed by atoms with Crippen molar-refractivity contribution < 1.29 is 23.8 Å². The Morgan fingerprint density at radius 3 is 2.35 bits per heavy atom. The van der Waals surface area contributed by atoms with E-state index in [1.165, 1.54) is 32.2 Å². The maximum Gasteiger partial charge on any atom is 0.277 e. The molecule has 2 N–H and O–H groups in total. The van der Waals surface area contributed by atoms with Crippen molar-refractivity contribution in [3.63, 3.8) is 0 Å². The minimum absolute atomic E-state index is 0.178. The summed E-state index contributed by atoms with van der Waals surface area (Å²) in [5.41, 5.74) is 1.15. The summed E-state index contributed by atoms with van der Waals surface area (Å²) < 4.78 is 17.3. The molecule has 3 rings (SSSR count). The number of benzene rings is 2. The number of carbonyl (C=O) groups is 2. The smallest absolute Gasteiger partial charge is 0.277 e. The van der Waals surface area contributed by atoms with Crippen LogP contribution in [0.2, 0.25) is 0 Å². The average molecular weight is 425 g/mol. The highest BCUT2D eigenvalue weighted by atomic mass is 16.5. The molecule has 0 radical (unpaired) electrons. The fourth-order valence-corrected chi connectivity index (χ4v) is 2.89. The lowest BCUT2D eigenvalue weighted by molar-refractivity contribution is 0.0947. The molecule has 2 aromatic carbocycles. The van der Waals surface area contributed by atoms with E-state index in [0.717, 1.165) is 0 Å². The van der Waals surface area contributed by atoms with E-state index in [4.69, 9.17) is 14.2 Å². The number of anilines is 1. The van der Waals surface area contributed by atoms with Gasteiger partial charge in [0.2, 0.25) is 5.75 Å². The Morgan fingerprint density at radius 1 is 0.935 bits per heavy atom. The topological polar surface area (TPSA) is 117 Å². The van der Waals surface area contributed by atoms with Gasteiger partial charge in [-0.1, -0.05) is 23.4 Å². The predicted molar refractivity (Wildman–Crippen MR) is 113 cm³/mol. The van der Waals surface area contributed by atoms with Crippen molar-refractivity contribution in [3.05, 3.63) is 59.9 Å². The van der Waals surface area contributed by atoms with Crippen LogP contribution in [0.4, 0.5) is 5.69 Å². The number of rotatable bonds is 9. The molecule has 0 aliphatic heterocycles. The first-order valence-electron chi connectivity index (χ1n) is 9.41. The van der Waals surface area contributed by atoms with E-state index in [1.54, 1.807) is 24.3 Å². The number of hydrogen-bond donors (Lipinski definition) is 2. The molecule has 0 unspecified atom stereocenters. The molecule has 1 aromatic heterocycles. The van der Waals surface area contributed by atoms with Gasteiger partial charge in [0.1, 0.15) is 0 Å². The summed E-state index contributed by atoms with van der Waals surface area (Å²) in [5, 5.41) is 13.3. The van der Waals surface area contributed by atoms with Crippen molar-refractivity contribution in [2.75, 3.05) is 33.2 Å². The highest BCUT2D eigenvalue weighted by molar-refractivity contribution is 6.02.